The summed E-state index contributed by atoms with van der Waals surface area (Å²) in [5.74, 6) is -1.13. The van der Waals surface area contributed by atoms with Crippen LogP contribution in [0.25, 0.3) is 0 Å². The summed E-state index contributed by atoms with van der Waals surface area (Å²) in [4.78, 5) is 23.0. The first-order valence-electron chi connectivity index (χ1n) is 5.82. The van der Waals surface area contributed by atoms with E-state index in [9.17, 15) is 9.59 Å². The molecule has 2 rings (SSSR count). The first-order valence-corrected chi connectivity index (χ1v) is 6.61. The number of carbonyl (C=O) groups excluding carboxylic acids is 1. The number of carbonyl (C=O) groups is 2. The van der Waals surface area contributed by atoms with Gasteiger partial charge in [0.25, 0.3) is 0 Å². The van der Waals surface area contributed by atoms with Crippen LogP contribution in [0.1, 0.15) is 20.7 Å². The fourth-order valence-corrected chi connectivity index (χ4v) is 2.18. The van der Waals surface area contributed by atoms with Crippen LogP contribution < -0.4 is 4.74 Å². The normalized spacial score (nSPS) is 10.1. The Morgan fingerprint density at radius 1 is 1.00 bits per heavy atom. The van der Waals surface area contributed by atoms with E-state index in [0.717, 1.165) is 0 Å². The second kappa shape index (κ2) is 6.34. The fraction of sp³-hybridized carbons (Fsp3) is 0.0667. The standard InChI is InChI=1S/C15H11BrO4/c16-12-7-3-1-5-10(12)13(17)9-20-14-8-4-2-6-11(14)15(18)19/h1-8H,9H2,(H,18,19). The van der Waals surface area contributed by atoms with Crippen LogP contribution >= 0.6 is 15.9 Å². The molecule has 1 N–H and O–H groups in total. The fourth-order valence-electron chi connectivity index (χ4n) is 1.68. The predicted octanol–water partition coefficient (Wildman–Crippen LogP) is 3.41. The third-order valence-corrected chi connectivity index (χ3v) is 3.34. The quantitative estimate of drug-likeness (QED) is 0.851. The van der Waals surface area contributed by atoms with Gasteiger partial charge in [-0.15, -0.1) is 0 Å². The molecule has 0 aliphatic rings. The lowest BCUT2D eigenvalue weighted by Gasteiger charge is -2.09. The molecule has 20 heavy (non-hydrogen) atoms. The van der Waals surface area contributed by atoms with Gasteiger partial charge in [-0.3, -0.25) is 4.79 Å². The number of para-hydroxylation sites is 1. The monoisotopic (exact) mass is 334 g/mol. The molecule has 2 aromatic carbocycles. The maximum absolute atomic E-state index is 12.0. The van der Waals surface area contributed by atoms with E-state index in [4.69, 9.17) is 9.84 Å². The smallest absolute Gasteiger partial charge is 0.339 e. The molecule has 0 heterocycles. The molecule has 0 saturated carbocycles. The van der Waals surface area contributed by atoms with E-state index in [1.807, 2.05) is 0 Å². The van der Waals surface area contributed by atoms with Crippen molar-refractivity contribution in [2.45, 2.75) is 0 Å². The number of halogens is 1. The van der Waals surface area contributed by atoms with Crippen molar-refractivity contribution in [3.05, 3.63) is 64.1 Å². The zero-order chi connectivity index (χ0) is 14.5. The van der Waals surface area contributed by atoms with Crippen molar-refractivity contribution >= 4 is 27.7 Å². The largest absolute Gasteiger partial charge is 0.485 e. The van der Waals surface area contributed by atoms with Gasteiger partial charge >= 0.3 is 5.97 Å². The maximum atomic E-state index is 12.0. The Balaban J connectivity index is 2.12. The number of ether oxygens (including phenoxy) is 1. The van der Waals surface area contributed by atoms with E-state index in [0.29, 0.717) is 10.0 Å². The minimum Gasteiger partial charge on any atom is -0.485 e. The SMILES string of the molecule is O=C(COc1ccccc1C(=O)O)c1ccccc1Br. The molecule has 0 unspecified atom stereocenters. The number of Topliss-reactive ketones (excluding diaryl/α,β-unsaturated/α-hetero) is 1. The lowest BCUT2D eigenvalue weighted by molar-refractivity contribution is 0.0689. The van der Waals surface area contributed by atoms with Crippen LogP contribution in [0, 0.1) is 0 Å². The van der Waals surface area contributed by atoms with Crippen molar-refractivity contribution in [3.8, 4) is 5.75 Å². The molecule has 0 radical (unpaired) electrons. The third kappa shape index (κ3) is 3.24. The van der Waals surface area contributed by atoms with Crippen molar-refractivity contribution in [1.82, 2.24) is 0 Å². The van der Waals surface area contributed by atoms with Gasteiger partial charge in [-0.05, 0) is 18.2 Å². The second-order valence-corrected chi connectivity index (χ2v) is 4.85. The van der Waals surface area contributed by atoms with Crippen molar-refractivity contribution in [2.24, 2.45) is 0 Å². The number of hydrogen-bond acceptors (Lipinski definition) is 3. The van der Waals surface area contributed by atoms with Gasteiger partial charge in [0, 0.05) is 10.0 Å². The zero-order valence-corrected chi connectivity index (χ0v) is 12.0. The van der Waals surface area contributed by atoms with Gasteiger partial charge in [0.05, 0.1) is 0 Å². The molecule has 0 spiro atoms. The highest BCUT2D eigenvalue weighted by atomic mass is 79.9. The van der Waals surface area contributed by atoms with Gasteiger partial charge in [-0.2, -0.15) is 0 Å². The molecule has 4 nitrogen and oxygen atoms in total. The summed E-state index contributed by atoms with van der Waals surface area (Å²) in [7, 11) is 0. The number of benzene rings is 2. The van der Waals surface area contributed by atoms with Crippen molar-refractivity contribution in [2.75, 3.05) is 6.61 Å². The Labute approximate surface area is 124 Å². The highest BCUT2D eigenvalue weighted by Gasteiger charge is 2.14. The van der Waals surface area contributed by atoms with Crippen LogP contribution in [0.3, 0.4) is 0 Å². The number of aromatic carboxylic acids is 1. The van der Waals surface area contributed by atoms with Gasteiger partial charge < -0.3 is 9.84 Å². The van der Waals surface area contributed by atoms with E-state index >= 15 is 0 Å². The summed E-state index contributed by atoms with van der Waals surface area (Å²) >= 11 is 3.29. The molecule has 0 atom stereocenters. The second-order valence-electron chi connectivity index (χ2n) is 3.99. The van der Waals surface area contributed by atoms with E-state index in [1.54, 1.807) is 36.4 Å². The molecule has 102 valence electrons. The van der Waals surface area contributed by atoms with Crippen LogP contribution in [-0.2, 0) is 0 Å². The molecular weight excluding hydrogens is 324 g/mol. The van der Waals surface area contributed by atoms with Gasteiger partial charge in [0.15, 0.2) is 6.61 Å². The number of ketones is 1. The van der Waals surface area contributed by atoms with Crippen LogP contribution in [0.15, 0.2) is 53.0 Å². The average molecular weight is 335 g/mol. The van der Waals surface area contributed by atoms with Crippen LogP contribution in [0.5, 0.6) is 5.75 Å². The van der Waals surface area contributed by atoms with E-state index < -0.39 is 5.97 Å². The summed E-state index contributed by atoms with van der Waals surface area (Å²) < 4.78 is 6.00. The third-order valence-electron chi connectivity index (χ3n) is 2.65. The van der Waals surface area contributed by atoms with Gasteiger partial charge in [0.1, 0.15) is 11.3 Å². The summed E-state index contributed by atoms with van der Waals surface area (Å²) in [5, 5.41) is 9.02. The number of rotatable bonds is 5. The number of hydrogen-bond donors (Lipinski definition) is 1. The molecule has 0 fully saturated rings. The lowest BCUT2D eigenvalue weighted by Crippen LogP contribution is -2.13. The Bertz CT molecular complexity index is 652. The summed E-state index contributed by atoms with van der Waals surface area (Å²) in [6.07, 6.45) is 0. The first kappa shape index (κ1) is 14.3. The summed E-state index contributed by atoms with van der Waals surface area (Å²) in [6, 6.07) is 13.2. The number of carboxylic acids is 1. The Morgan fingerprint density at radius 2 is 1.60 bits per heavy atom. The first-order chi connectivity index (χ1) is 9.59. The molecule has 0 bridgehead atoms. The predicted molar refractivity (Wildman–Crippen MR) is 77.4 cm³/mol. The maximum Gasteiger partial charge on any atom is 0.339 e. The highest BCUT2D eigenvalue weighted by Crippen LogP contribution is 2.20. The van der Waals surface area contributed by atoms with Crippen molar-refractivity contribution in [1.29, 1.82) is 0 Å². The van der Waals surface area contributed by atoms with Gasteiger partial charge in [0.2, 0.25) is 5.78 Å². The van der Waals surface area contributed by atoms with Crippen LogP contribution in [0.4, 0.5) is 0 Å². The molecule has 2 aromatic rings. The van der Waals surface area contributed by atoms with Crippen LogP contribution in [-0.4, -0.2) is 23.5 Å². The van der Waals surface area contributed by atoms with Crippen molar-refractivity contribution in [3.63, 3.8) is 0 Å². The minimum absolute atomic E-state index is 0.0347. The molecule has 0 aromatic heterocycles. The Kier molecular flexibility index (Phi) is 4.53. The molecule has 0 aliphatic heterocycles. The zero-order valence-electron chi connectivity index (χ0n) is 10.4. The minimum atomic E-state index is -1.09. The molecule has 5 heteroatoms. The highest BCUT2D eigenvalue weighted by molar-refractivity contribution is 9.10. The van der Waals surface area contributed by atoms with Crippen molar-refractivity contribution < 1.29 is 19.4 Å². The van der Waals surface area contributed by atoms with E-state index in [2.05, 4.69) is 15.9 Å². The lowest BCUT2D eigenvalue weighted by atomic mass is 10.1. The summed E-state index contributed by atoms with van der Waals surface area (Å²) in [5.41, 5.74) is 0.535. The summed E-state index contributed by atoms with van der Waals surface area (Å²) in [6.45, 7) is -0.215. The van der Waals surface area contributed by atoms with E-state index in [1.165, 1.54) is 12.1 Å². The van der Waals surface area contributed by atoms with Gasteiger partial charge in [-0.1, -0.05) is 46.3 Å². The topological polar surface area (TPSA) is 63.6 Å². The van der Waals surface area contributed by atoms with E-state index in [-0.39, 0.29) is 23.7 Å². The Morgan fingerprint density at radius 3 is 2.25 bits per heavy atom. The molecular formula is C15H11BrO4. The average Bonchev–Trinajstić information content (AvgIpc) is 2.45. The van der Waals surface area contributed by atoms with Gasteiger partial charge in [-0.25, -0.2) is 4.79 Å². The molecule has 0 saturated heterocycles. The number of carboxylic acid groups (broad SMARTS) is 1. The van der Waals surface area contributed by atoms with Crippen LogP contribution in [0.2, 0.25) is 0 Å². The Hall–Kier alpha value is -2.14. The molecule has 0 aliphatic carbocycles. The molecule has 0 amide bonds.